The molecule has 1 atom stereocenters. The number of hydrogen-bond donors (Lipinski definition) is 2. The van der Waals surface area contributed by atoms with E-state index in [2.05, 4.69) is 23.5 Å². The third kappa shape index (κ3) is 2.89. The van der Waals surface area contributed by atoms with Gasteiger partial charge in [-0.05, 0) is 29.9 Å². The largest absolute Gasteiger partial charge is 0.496 e. The zero-order valence-electron chi connectivity index (χ0n) is 12.5. The first kappa shape index (κ1) is 14.4. The molecule has 21 heavy (non-hydrogen) atoms. The van der Waals surface area contributed by atoms with E-state index in [9.17, 15) is 5.11 Å². The van der Waals surface area contributed by atoms with Gasteiger partial charge < -0.3 is 15.2 Å². The van der Waals surface area contributed by atoms with Gasteiger partial charge in [-0.2, -0.15) is 0 Å². The second kappa shape index (κ2) is 6.46. The van der Waals surface area contributed by atoms with Gasteiger partial charge in [0.05, 0.1) is 19.8 Å². The van der Waals surface area contributed by atoms with Gasteiger partial charge in [-0.15, -0.1) is 0 Å². The fourth-order valence-corrected chi connectivity index (χ4v) is 3.39. The summed E-state index contributed by atoms with van der Waals surface area (Å²) in [6.07, 6.45) is 5.01. The molecule has 0 heterocycles. The summed E-state index contributed by atoms with van der Waals surface area (Å²) in [7, 11) is 1.70. The lowest BCUT2D eigenvalue weighted by Crippen LogP contribution is -2.32. The fraction of sp³-hybridized carbons (Fsp3) is 0.444. The first-order valence-electron chi connectivity index (χ1n) is 7.76. The molecule has 0 bridgehead atoms. The second-order valence-corrected chi connectivity index (χ2v) is 5.79. The molecular weight excluding hydrogens is 262 g/mol. The quantitative estimate of drug-likeness (QED) is 0.884. The first-order chi connectivity index (χ1) is 10.3. The lowest BCUT2D eigenvalue weighted by molar-refractivity contribution is 0.234. The number of nitrogens with one attached hydrogen (secondary N) is 1. The normalized spacial score (nSPS) is 17.2. The predicted octanol–water partition coefficient (Wildman–Crippen LogP) is 3.41. The van der Waals surface area contributed by atoms with E-state index in [1.54, 1.807) is 7.11 Å². The van der Waals surface area contributed by atoms with Crippen molar-refractivity contribution in [3.8, 4) is 5.75 Å². The molecule has 3 nitrogen and oxygen atoms in total. The third-order valence-electron chi connectivity index (χ3n) is 4.49. The van der Waals surface area contributed by atoms with E-state index in [-0.39, 0.29) is 12.6 Å². The Hall–Kier alpha value is -1.58. The molecule has 0 saturated heterocycles. The van der Waals surface area contributed by atoms with E-state index in [1.807, 2.05) is 18.2 Å². The molecule has 112 valence electrons. The van der Waals surface area contributed by atoms with Crippen LogP contribution < -0.4 is 10.1 Å². The van der Waals surface area contributed by atoms with E-state index in [0.717, 1.165) is 22.1 Å². The highest BCUT2D eigenvalue weighted by atomic mass is 16.5. The van der Waals surface area contributed by atoms with Crippen molar-refractivity contribution in [3.63, 3.8) is 0 Å². The van der Waals surface area contributed by atoms with Gasteiger partial charge in [-0.3, -0.25) is 0 Å². The maximum absolute atomic E-state index is 9.83. The van der Waals surface area contributed by atoms with Crippen LogP contribution in [0.3, 0.4) is 0 Å². The van der Waals surface area contributed by atoms with Crippen LogP contribution in [0.15, 0.2) is 36.4 Å². The number of benzene rings is 2. The number of methoxy groups -OCH3 is 1. The molecule has 1 saturated carbocycles. The number of aliphatic hydroxyl groups excluding tert-OH is 1. The van der Waals surface area contributed by atoms with Gasteiger partial charge in [0.2, 0.25) is 0 Å². The SMILES string of the molecule is COc1ccc(C(CO)NC2CCCC2)c2ccccc12. The molecule has 1 unspecified atom stereocenters. The molecule has 3 heteroatoms. The van der Waals surface area contributed by atoms with E-state index in [0.29, 0.717) is 6.04 Å². The lowest BCUT2D eigenvalue weighted by atomic mass is 9.97. The molecule has 0 aliphatic heterocycles. The fourth-order valence-electron chi connectivity index (χ4n) is 3.39. The number of ether oxygens (including phenoxy) is 1. The average molecular weight is 285 g/mol. The monoisotopic (exact) mass is 285 g/mol. The third-order valence-corrected chi connectivity index (χ3v) is 4.49. The Morgan fingerprint density at radius 1 is 1.14 bits per heavy atom. The van der Waals surface area contributed by atoms with Crippen LogP contribution in [0.5, 0.6) is 5.75 Å². The Bertz CT molecular complexity index is 605. The molecule has 2 N–H and O–H groups in total. The Labute approximate surface area is 125 Å². The molecular formula is C18H23NO2. The van der Waals surface area contributed by atoms with Crippen LogP contribution in [0.2, 0.25) is 0 Å². The predicted molar refractivity (Wildman–Crippen MR) is 85.7 cm³/mol. The van der Waals surface area contributed by atoms with Crippen LogP contribution in [0.1, 0.15) is 37.3 Å². The van der Waals surface area contributed by atoms with Gasteiger partial charge in [0, 0.05) is 11.4 Å². The van der Waals surface area contributed by atoms with E-state index < -0.39 is 0 Å². The molecule has 2 aromatic rings. The minimum atomic E-state index is -0.0103. The van der Waals surface area contributed by atoms with Crippen LogP contribution >= 0.6 is 0 Å². The van der Waals surface area contributed by atoms with Gasteiger partial charge in [0.25, 0.3) is 0 Å². The van der Waals surface area contributed by atoms with Crippen molar-refractivity contribution in [2.75, 3.05) is 13.7 Å². The van der Waals surface area contributed by atoms with Crippen LogP contribution in [-0.4, -0.2) is 24.9 Å². The van der Waals surface area contributed by atoms with Crippen molar-refractivity contribution < 1.29 is 9.84 Å². The van der Waals surface area contributed by atoms with Crippen molar-refractivity contribution >= 4 is 10.8 Å². The van der Waals surface area contributed by atoms with Crippen molar-refractivity contribution in [3.05, 3.63) is 42.0 Å². The van der Waals surface area contributed by atoms with Crippen molar-refractivity contribution in [2.24, 2.45) is 0 Å². The molecule has 0 amide bonds. The van der Waals surface area contributed by atoms with Gasteiger partial charge in [-0.25, -0.2) is 0 Å². The Morgan fingerprint density at radius 3 is 2.52 bits per heavy atom. The summed E-state index contributed by atoms with van der Waals surface area (Å²) in [4.78, 5) is 0. The molecule has 1 fully saturated rings. The molecule has 2 aromatic carbocycles. The average Bonchev–Trinajstić information content (AvgIpc) is 3.05. The molecule has 3 rings (SSSR count). The van der Waals surface area contributed by atoms with Crippen LogP contribution in [0.25, 0.3) is 10.8 Å². The number of aliphatic hydroxyl groups is 1. The standard InChI is InChI=1S/C18H23NO2/c1-21-18-11-10-15(14-8-4-5-9-16(14)18)17(12-20)19-13-6-2-3-7-13/h4-5,8-11,13,17,19-20H,2-3,6-7,12H2,1H3. The van der Waals surface area contributed by atoms with Crippen LogP contribution in [-0.2, 0) is 0 Å². The summed E-state index contributed by atoms with van der Waals surface area (Å²) in [5.41, 5.74) is 1.15. The van der Waals surface area contributed by atoms with Crippen molar-refractivity contribution in [1.82, 2.24) is 5.32 Å². The molecule has 1 aliphatic rings. The molecule has 1 aliphatic carbocycles. The number of fused-ring (bicyclic) bond motifs is 1. The van der Waals surface area contributed by atoms with E-state index in [4.69, 9.17) is 4.74 Å². The lowest BCUT2D eigenvalue weighted by Gasteiger charge is -2.23. The van der Waals surface area contributed by atoms with Crippen LogP contribution in [0.4, 0.5) is 0 Å². The topological polar surface area (TPSA) is 41.5 Å². The molecule has 0 radical (unpaired) electrons. The molecule has 0 aromatic heterocycles. The van der Waals surface area contributed by atoms with E-state index in [1.165, 1.54) is 25.7 Å². The highest BCUT2D eigenvalue weighted by molar-refractivity contribution is 5.91. The number of rotatable bonds is 5. The van der Waals surface area contributed by atoms with Gasteiger partial charge >= 0.3 is 0 Å². The minimum Gasteiger partial charge on any atom is -0.496 e. The highest BCUT2D eigenvalue weighted by Crippen LogP contribution is 2.32. The van der Waals surface area contributed by atoms with E-state index >= 15 is 0 Å². The molecule has 0 spiro atoms. The Balaban J connectivity index is 1.97. The zero-order valence-corrected chi connectivity index (χ0v) is 12.5. The summed E-state index contributed by atoms with van der Waals surface area (Å²) < 4.78 is 5.45. The zero-order chi connectivity index (χ0) is 14.7. The smallest absolute Gasteiger partial charge is 0.126 e. The second-order valence-electron chi connectivity index (χ2n) is 5.79. The summed E-state index contributed by atoms with van der Waals surface area (Å²) >= 11 is 0. The van der Waals surface area contributed by atoms with Gasteiger partial charge in [0.1, 0.15) is 5.75 Å². The summed E-state index contributed by atoms with van der Waals surface area (Å²) in [6.45, 7) is 0.118. The van der Waals surface area contributed by atoms with Crippen LogP contribution in [0, 0.1) is 0 Å². The summed E-state index contributed by atoms with van der Waals surface area (Å²) in [5, 5.41) is 15.7. The van der Waals surface area contributed by atoms with Gasteiger partial charge in [0.15, 0.2) is 0 Å². The maximum Gasteiger partial charge on any atom is 0.126 e. The highest BCUT2D eigenvalue weighted by Gasteiger charge is 2.21. The minimum absolute atomic E-state index is 0.0103. The first-order valence-corrected chi connectivity index (χ1v) is 7.76. The van der Waals surface area contributed by atoms with Crippen molar-refractivity contribution in [1.29, 1.82) is 0 Å². The van der Waals surface area contributed by atoms with Gasteiger partial charge in [-0.1, -0.05) is 43.2 Å². The summed E-state index contributed by atoms with van der Waals surface area (Å²) in [5.74, 6) is 0.881. The maximum atomic E-state index is 9.83. The number of hydrogen-bond acceptors (Lipinski definition) is 3. The Morgan fingerprint density at radius 2 is 1.86 bits per heavy atom. The summed E-state index contributed by atoms with van der Waals surface area (Å²) in [6, 6.07) is 12.8. The Kier molecular flexibility index (Phi) is 4.42. The van der Waals surface area contributed by atoms with Crippen molar-refractivity contribution in [2.45, 2.75) is 37.8 Å².